The number of hydrogen-bond donors (Lipinski definition) is 1. The van der Waals surface area contributed by atoms with Crippen molar-refractivity contribution in [2.24, 2.45) is 0 Å². The predicted octanol–water partition coefficient (Wildman–Crippen LogP) is 4.50. The summed E-state index contributed by atoms with van der Waals surface area (Å²) in [5.41, 5.74) is 1.12. The van der Waals surface area contributed by atoms with Gasteiger partial charge in [-0.3, -0.25) is 0 Å². The molecule has 0 aromatic heterocycles. The van der Waals surface area contributed by atoms with E-state index in [4.69, 9.17) is 13.9 Å². The molecule has 0 radical (unpaired) electrons. The number of hydrogen-bond acceptors (Lipinski definition) is 4. The van der Waals surface area contributed by atoms with E-state index in [0.29, 0.717) is 6.61 Å². The first-order chi connectivity index (χ1) is 11.5. The van der Waals surface area contributed by atoms with Crippen LogP contribution >= 0.6 is 22.6 Å². The highest BCUT2D eigenvalue weighted by Gasteiger charge is 2.49. The summed E-state index contributed by atoms with van der Waals surface area (Å²) in [5.74, 6) is 0. The van der Waals surface area contributed by atoms with Crippen molar-refractivity contribution in [3.05, 3.63) is 35.9 Å². The number of aliphatic hydroxyl groups excluding tert-OH is 1. The second kappa shape index (κ2) is 8.35. The lowest BCUT2D eigenvalue weighted by Crippen LogP contribution is -2.60. The molecule has 1 heterocycles. The molecule has 0 saturated carbocycles. The summed E-state index contributed by atoms with van der Waals surface area (Å²) in [6.45, 7) is 13.6. The minimum atomic E-state index is -1.99. The molecule has 0 aliphatic carbocycles. The molecule has 142 valence electrons. The zero-order valence-electron chi connectivity index (χ0n) is 16.0. The molecular weight excluding hydrogens is 447 g/mol. The van der Waals surface area contributed by atoms with Gasteiger partial charge in [-0.15, -0.1) is 0 Å². The highest BCUT2D eigenvalue weighted by molar-refractivity contribution is 14.1. The molecule has 1 aromatic carbocycles. The fourth-order valence-corrected chi connectivity index (χ4v) is 4.95. The van der Waals surface area contributed by atoms with Gasteiger partial charge in [-0.1, -0.05) is 73.7 Å². The summed E-state index contributed by atoms with van der Waals surface area (Å²) >= 11 is 2.23. The van der Waals surface area contributed by atoms with Crippen LogP contribution in [0.15, 0.2) is 30.3 Å². The standard InChI is InChI=1S/C19H31IO4Si/c1-13-16(22-12-14-10-8-7-9-11-14)17(15(20)18(21)23-13)24-25(5,6)19(2,3)4/h7-11,13,15-18,21H,12H2,1-6H3/t13-,15+,16-,17-,18+/m1/s1. The van der Waals surface area contributed by atoms with E-state index in [1.807, 2.05) is 25.1 Å². The maximum Gasteiger partial charge on any atom is 0.192 e. The molecule has 1 aliphatic heterocycles. The van der Waals surface area contributed by atoms with Crippen LogP contribution in [0.25, 0.3) is 0 Å². The minimum absolute atomic E-state index is 0.0971. The van der Waals surface area contributed by atoms with Gasteiger partial charge in [0.2, 0.25) is 0 Å². The minimum Gasteiger partial charge on any atom is -0.410 e. The van der Waals surface area contributed by atoms with Crippen LogP contribution in [-0.2, 0) is 20.5 Å². The normalized spacial score (nSPS) is 31.1. The van der Waals surface area contributed by atoms with E-state index in [2.05, 4.69) is 68.6 Å². The van der Waals surface area contributed by atoms with Gasteiger partial charge < -0.3 is 19.0 Å². The second-order valence-electron chi connectivity index (χ2n) is 8.28. The Labute approximate surface area is 166 Å². The molecule has 0 spiro atoms. The first-order valence-corrected chi connectivity index (χ1v) is 13.0. The Hall–Kier alpha value is 0.00688. The van der Waals surface area contributed by atoms with Crippen molar-refractivity contribution in [3.8, 4) is 0 Å². The Bertz CT molecular complexity index is 546. The predicted molar refractivity (Wildman–Crippen MR) is 111 cm³/mol. The van der Waals surface area contributed by atoms with E-state index in [9.17, 15) is 5.11 Å². The van der Waals surface area contributed by atoms with Crippen LogP contribution < -0.4 is 0 Å². The molecule has 1 aromatic rings. The molecule has 0 bridgehead atoms. The van der Waals surface area contributed by atoms with Crippen LogP contribution in [0.5, 0.6) is 0 Å². The quantitative estimate of drug-likeness (QED) is 0.385. The van der Waals surface area contributed by atoms with Gasteiger partial charge in [0.1, 0.15) is 6.10 Å². The molecule has 2 rings (SSSR count). The third-order valence-corrected chi connectivity index (χ3v) is 11.0. The maximum atomic E-state index is 10.3. The Balaban J connectivity index is 2.17. The molecule has 0 amide bonds. The Morgan fingerprint density at radius 3 is 2.32 bits per heavy atom. The molecular formula is C19H31IO4Si. The zero-order chi connectivity index (χ0) is 18.8. The number of rotatable bonds is 5. The monoisotopic (exact) mass is 478 g/mol. The third kappa shape index (κ3) is 5.26. The van der Waals surface area contributed by atoms with Gasteiger partial charge in [-0.25, -0.2) is 0 Å². The number of alkyl halides is 1. The number of ether oxygens (including phenoxy) is 2. The van der Waals surface area contributed by atoms with E-state index in [-0.39, 0.29) is 27.3 Å². The summed E-state index contributed by atoms with van der Waals surface area (Å²) < 4.78 is 18.4. The van der Waals surface area contributed by atoms with Crippen LogP contribution in [0.4, 0.5) is 0 Å². The van der Waals surface area contributed by atoms with Gasteiger partial charge in [0.25, 0.3) is 0 Å². The smallest absolute Gasteiger partial charge is 0.192 e. The first kappa shape index (κ1) is 21.3. The van der Waals surface area contributed by atoms with Crippen molar-refractivity contribution in [1.29, 1.82) is 0 Å². The van der Waals surface area contributed by atoms with E-state index >= 15 is 0 Å². The van der Waals surface area contributed by atoms with Crippen LogP contribution in [0.1, 0.15) is 33.3 Å². The lowest BCUT2D eigenvalue weighted by molar-refractivity contribution is -0.230. The molecule has 5 atom stereocenters. The van der Waals surface area contributed by atoms with Crippen molar-refractivity contribution in [2.75, 3.05) is 0 Å². The largest absolute Gasteiger partial charge is 0.410 e. The first-order valence-electron chi connectivity index (χ1n) is 8.84. The lowest BCUT2D eigenvalue weighted by atomic mass is 10.0. The van der Waals surface area contributed by atoms with Crippen molar-refractivity contribution >= 4 is 30.9 Å². The summed E-state index contributed by atoms with van der Waals surface area (Å²) in [7, 11) is -1.99. The van der Waals surface area contributed by atoms with Gasteiger partial charge in [0, 0.05) is 0 Å². The molecule has 1 N–H and O–H groups in total. The third-order valence-electron chi connectivity index (χ3n) is 5.25. The lowest BCUT2D eigenvalue weighted by Gasteiger charge is -2.47. The SMILES string of the molecule is C[C@H]1O[C@H](O)[C@@H](I)[C@@H](O[Si](C)(C)C(C)(C)C)[C@@H]1OCc1ccccc1. The molecule has 0 unspecified atom stereocenters. The maximum absolute atomic E-state index is 10.3. The van der Waals surface area contributed by atoms with Gasteiger partial charge in [-0.05, 0) is 30.6 Å². The number of halogens is 1. The Kier molecular flexibility index (Phi) is 7.12. The van der Waals surface area contributed by atoms with Gasteiger partial charge >= 0.3 is 0 Å². The highest BCUT2D eigenvalue weighted by Crippen LogP contribution is 2.41. The number of aliphatic hydroxyl groups is 1. The molecule has 25 heavy (non-hydrogen) atoms. The van der Waals surface area contributed by atoms with Gasteiger partial charge in [-0.2, -0.15) is 0 Å². The van der Waals surface area contributed by atoms with E-state index in [0.717, 1.165) is 5.56 Å². The van der Waals surface area contributed by atoms with Crippen LogP contribution in [0.3, 0.4) is 0 Å². The molecule has 1 aliphatic rings. The molecule has 1 fully saturated rings. The number of benzene rings is 1. The zero-order valence-corrected chi connectivity index (χ0v) is 19.2. The molecule has 6 heteroatoms. The van der Waals surface area contributed by atoms with E-state index in [1.165, 1.54) is 0 Å². The Morgan fingerprint density at radius 2 is 1.76 bits per heavy atom. The van der Waals surface area contributed by atoms with Crippen molar-refractivity contribution < 1.29 is 19.0 Å². The summed E-state index contributed by atoms with van der Waals surface area (Å²) in [5, 5.41) is 10.4. The van der Waals surface area contributed by atoms with Crippen LogP contribution in [0, 0.1) is 0 Å². The topological polar surface area (TPSA) is 47.9 Å². The second-order valence-corrected chi connectivity index (χ2v) is 14.5. The van der Waals surface area contributed by atoms with Crippen molar-refractivity contribution in [1.82, 2.24) is 0 Å². The Morgan fingerprint density at radius 1 is 1.16 bits per heavy atom. The van der Waals surface area contributed by atoms with E-state index in [1.54, 1.807) is 0 Å². The average Bonchev–Trinajstić information content (AvgIpc) is 2.51. The molecule has 1 saturated heterocycles. The van der Waals surface area contributed by atoms with Gasteiger partial charge in [0.05, 0.1) is 22.7 Å². The fourth-order valence-electron chi connectivity index (χ4n) is 2.63. The van der Waals surface area contributed by atoms with Gasteiger partial charge in [0.15, 0.2) is 14.6 Å². The highest BCUT2D eigenvalue weighted by atomic mass is 127. The van der Waals surface area contributed by atoms with Crippen LogP contribution in [-0.4, -0.2) is 42.0 Å². The van der Waals surface area contributed by atoms with Crippen molar-refractivity contribution in [2.45, 2.75) is 81.0 Å². The summed E-state index contributed by atoms with van der Waals surface area (Å²) in [6.07, 6.45) is -1.45. The average molecular weight is 478 g/mol. The van der Waals surface area contributed by atoms with Crippen molar-refractivity contribution in [3.63, 3.8) is 0 Å². The summed E-state index contributed by atoms with van der Waals surface area (Å²) in [4.78, 5) is 0. The van der Waals surface area contributed by atoms with Crippen LogP contribution in [0.2, 0.25) is 18.1 Å². The fraction of sp³-hybridized carbons (Fsp3) is 0.684. The van der Waals surface area contributed by atoms with E-state index < -0.39 is 14.6 Å². The summed E-state index contributed by atoms with van der Waals surface area (Å²) in [6, 6.07) is 10.1. The molecule has 4 nitrogen and oxygen atoms in total.